The molecule has 1 saturated heterocycles. The van der Waals surface area contributed by atoms with Gasteiger partial charge in [0.15, 0.2) is 0 Å². The van der Waals surface area contributed by atoms with E-state index in [0.717, 1.165) is 31.5 Å². The van der Waals surface area contributed by atoms with Crippen molar-refractivity contribution in [1.82, 2.24) is 4.90 Å². The minimum atomic E-state index is -0.149. The van der Waals surface area contributed by atoms with Crippen LogP contribution in [0.2, 0.25) is 5.02 Å². The molecule has 0 N–H and O–H groups in total. The van der Waals surface area contributed by atoms with E-state index in [9.17, 15) is 9.59 Å². The van der Waals surface area contributed by atoms with E-state index in [-0.39, 0.29) is 18.4 Å². The van der Waals surface area contributed by atoms with E-state index in [2.05, 4.69) is 6.92 Å². The van der Waals surface area contributed by atoms with Gasteiger partial charge in [0.25, 0.3) is 0 Å². The van der Waals surface area contributed by atoms with Gasteiger partial charge >= 0.3 is 0 Å². The number of rotatable bonds is 3. The molecule has 1 unspecified atom stereocenters. The highest BCUT2D eigenvalue weighted by Crippen LogP contribution is 2.25. The number of hydrogen-bond donors (Lipinski definition) is 0. The molecule has 0 aliphatic carbocycles. The summed E-state index contributed by atoms with van der Waals surface area (Å²) >= 11 is 6.04. The van der Waals surface area contributed by atoms with Gasteiger partial charge in [-0.1, -0.05) is 24.6 Å². The Labute approximate surface area is 137 Å². The van der Waals surface area contributed by atoms with Gasteiger partial charge in [-0.05, 0) is 43.4 Å². The van der Waals surface area contributed by atoms with Gasteiger partial charge < -0.3 is 9.80 Å². The van der Waals surface area contributed by atoms with Gasteiger partial charge in [-0.25, -0.2) is 0 Å². The van der Waals surface area contributed by atoms with Crippen LogP contribution in [0.1, 0.15) is 32.3 Å². The Morgan fingerprint density at radius 1 is 1.41 bits per heavy atom. The van der Waals surface area contributed by atoms with Crippen molar-refractivity contribution in [1.29, 1.82) is 0 Å². The number of nitrogens with zero attached hydrogens (tertiary/aromatic N) is 2. The molecular weight excluding hydrogens is 300 g/mol. The number of halogens is 1. The second-order valence-electron chi connectivity index (χ2n) is 6.12. The van der Waals surface area contributed by atoms with Crippen molar-refractivity contribution in [2.75, 3.05) is 24.5 Å². The molecule has 1 fully saturated rings. The third-order valence-electron chi connectivity index (χ3n) is 4.15. The quantitative estimate of drug-likeness (QED) is 0.857. The first-order valence-electron chi connectivity index (χ1n) is 7.70. The summed E-state index contributed by atoms with van der Waals surface area (Å²) in [5.74, 6) is 0.376. The molecule has 0 bridgehead atoms. The van der Waals surface area contributed by atoms with E-state index in [4.69, 9.17) is 11.6 Å². The molecule has 2 amide bonds. The molecule has 120 valence electrons. The fraction of sp³-hybridized carbons (Fsp3) is 0.529. The maximum Gasteiger partial charge on any atom is 0.242 e. The molecule has 1 aliphatic heterocycles. The summed E-state index contributed by atoms with van der Waals surface area (Å²) in [5, 5.41) is 0.561. The molecule has 0 radical (unpaired) electrons. The van der Waals surface area contributed by atoms with Crippen molar-refractivity contribution in [3.63, 3.8) is 0 Å². The van der Waals surface area contributed by atoms with Crippen LogP contribution < -0.4 is 4.90 Å². The summed E-state index contributed by atoms with van der Waals surface area (Å²) in [4.78, 5) is 27.9. The van der Waals surface area contributed by atoms with Crippen molar-refractivity contribution in [3.8, 4) is 0 Å². The molecule has 5 heteroatoms. The van der Waals surface area contributed by atoms with Crippen molar-refractivity contribution in [2.24, 2.45) is 5.92 Å². The molecule has 1 aromatic carbocycles. The largest absolute Gasteiger partial charge is 0.341 e. The standard InChI is InChI=1S/C17H23ClN2O2/c1-12-5-4-8-19(10-12)17(22)11-20(14(3)21)16-9-15(18)7-6-13(16)2/h6-7,9,12H,4-5,8,10-11H2,1-3H3. The van der Waals surface area contributed by atoms with E-state index in [1.165, 1.54) is 11.8 Å². The van der Waals surface area contributed by atoms with Crippen LogP contribution >= 0.6 is 11.6 Å². The highest BCUT2D eigenvalue weighted by atomic mass is 35.5. The van der Waals surface area contributed by atoms with Crippen LogP contribution in [0.5, 0.6) is 0 Å². The minimum Gasteiger partial charge on any atom is -0.341 e. The number of hydrogen-bond acceptors (Lipinski definition) is 2. The summed E-state index contributed by atoms with van der Waals surface area (Å²) in [6, 6.07) is 5.39. The normalized spacial score (nSPS) is 18.2. The minimum absolute atomic E-state index is 0.00104. The first-order chi connectivity index (χ1) is 10.4. The first kappa shape index (κ1) is 16.8. The average molecular weight is 323 g/mol. The van der Waals surface area contributed by atoms with Gasteiger partial charge in [0.2, 0.25) is 11.8 Å². The summed E-state index contributed by atoms with van der Waals surface area (Å²) in [7, 11) is 0. The Morgan fingerprint density at radius 3 is 2.77 bits per heavy atom. The van der Waals surface area contributed by atoms with E-state index in [0.29, 0.717) is 16.6 Å². The zero-order chi connectivity index (χ0) is 16.3. The third kappa shape index (κ3) is 4.01. The maximum absolute atomic E-state index is 12.5. The fourth-order valence-electron chi connectivity index (χ4n) is 2.89. The topological polar surface area (TPSA) is 40.6 Å². The number of likely N-dealkylation sites (tertiary alicyclic amines) is 1. The highest BCUT2D eigenvalue weighted by Gasteiger charge is 2.25. The van der Waals surface area contributed by atoms with Gasteiger partial charge in [0.05, 0.1) is 0 Å². The predicted molar refractivity (Wildman–Crippen MR) is 89.2 cm³/mol. The van der Waals surface area contributed by atoms with E-state index in [1.807, 2.05) is 17.9 Å². The number of benzene rings is 1. The molecule has 1 aromatic rings. The first-order valence-corrected chi connectivity index (χ1v) is 8.08. The lowest BCUT2D eigenvalue weighted by Crippen LogP contribution is -2.46. The van der Waals surface area contributed by atoms with E-state index >= 15 is 0 Å². The number of aryl methyl sites for hydroxylation is 1. The van der Waals surface area contributed by atoms with Gasteiger partial charge in [-0.3, -0.25) is 9.59 Å². The van der Waals surface area contributed by atoms with Crippen molar-refractivity contribution in [3.05, 3.63) is 28.8 Å². The smallest absolute Gasteiger partial charge is 0.242 e. The summed E-state index contributed by atoms with van der Waals surface area (Å²) < 4.78 is 0. The Balaban J connectivity index is 2.17. The Kier molecular flexibility index (Phi) is 5.46. The molecule has 0 saturated carbocycles. The number of anilines is 1. The molecule has 1 aliphatic rings. The zero-order valence-electron chi connectivity index (χ0n) is 13.4. The van der Waals surface area contributed by atoms with Crippen LogP contribution in [0, 0.1) is 12.8 Å². The van der Waals surface area contributed by atoms with Crippen LogP contribution in [0.25, 0.3) is 0 Å². The predicted octanol–water partition coefficient (Wildman–Crippen LogP) is 3.26. The second-order valence-corrected chi connectivity index (χ2v) is 6.56. The van der Waals surface area contributed by atoms with E-state index < -0.39 is 0 Å². The molecule has 1 heterocycles. The Bertz CT molecular complexity index is 574. The van der Waals surface area contributed by atoms with Crippen LogP contribution in [-0.2, 0) is 9.59 Å². The van der Waals surface area contributed by atoms with Crippen molar-refractivity contribution >= 4 is 29.1 Å². The van der Waals surface area contributed by atoms with E-state index in [1.54, 1.807) is 12.1 Å². The van der Waals surface area contributed by atoms with Crippen molar-refractivity contribution in [2.45, 2.75) is 33.6 Å². The van der Waals surface area contributed by atoms with Crippen LogP contribution in [0.3, 0.4) is 0 Å². The lowest BCUT2D eigenvalue weighted by Gasteiger charge is -2.33. The van der Waals surface area contributed by atoms with Crippen LogP contribution in [0.4, 0.5) is 5.69 Å². The van der Waals surface area contributed by atoms with Gasteiger partial charge in [0, 0.05) is 30.7 Å². The average Bonchev–Trinajstić information content (AvgIpc) is 2.47. The number of piperidine rings is 1. The number of carbonyl (C=O) groups is 2. The summed E-state index contributed by atoms with van der Waals surface area (Å²) in [6.45, 7) is 7.18. The van der Waals surface area contributed by atoms with Gasteiger partial charge in [-0.2, -0.15) is 0 Å². The lowest BCUT2D eigenvalue weighted by atomic mass is 10.0. The molecule has 22 heavy (non-hydrogen) atoms. The molecule has 4 nitrogen and oxygen atoms in total. The highest BCUT2D eigenvalue weighted by molar-refractivity contribution is 6.31. The summed E-state index contributed by atoms with van der Waals surface area (Å²) in [5.41, 5.74) is 1.64. The number of amides is 2. The molecular formula is C17H23ClN2O2. The summed E-state index contributed by atoms with van der Waals surface area (Å²) in [6.07, 6.45) is 2.19. The Hall–Kier alpha value is -1.55. The van der Waals surface area contributed by atoms with Crippen molar-refractivity contribution < 1.29 is 9.59 Å². The number of carbonyl (C=O) groups excluding carboxylic acids is 2. The second kappa shape index (κ2) is 7.14. The fourth-order valence-corrected chi connectivity index (χ4v) is 3.06. The van der Waals surface area contributed by atoms with Gasteiger partial charge in [0.1, 0.15) is 6.54 Å². The SMILES string of the molecule is CC(=O)N(CC(=O)N1CCCC(C)C1)c1cc(Cl)ccc1C. The third-order valence-corrected chi connectivity index (χ3v) is 4.38. The molecule has 0 spiro atoms. The van der Waals surface area contributed by atoms with Gasteiger partial charge in [-0.15, -0.1) is 0 Å². The maximum atomic E-state index is 12.5. The zero-order valence-corrected chi connectivity index (χ0v) is 14.2. The molecule has 0 aromatic heterocycles. The molecule has 1 atom stereocenters. The van der Waals surface area contributed by atoms with Crippen LogP contribution in [0.15, 0.2) is 18.2 Å². The Morgan fingerprint density at radius 2 is 2.14 bits per heavy atom. The lowest BCUT2D eigenvalue weighted by molar-refractivity contribution is -0.132. The van der Waals surface area contributed by atoms with Crippen LogP contribution in [-0.4, -0.2) is 36.3 Å². The molecule has 2 rings (SSSR count). The monoisotopic (exact) mass is 322 g/mol.